The fourth-order valence-electron chi connectivity index (χ4n) is 3.02. The summed E-state index contributed by atoms with van der Waals surface area (Å²) in [5, 5.41) is 19.4. The zero-order chi connectivity index (χ0) is 14.9. The van der Waals surface area contributed by atoms with E-state index in [1.165, 1.54) is 18.2 Å². The van der Waals surface area contributed by atoms with Crippen molar-refractivity contribution in [1.29, 1.82) is 0 Å². The van der Waals surface area contributed by atoms with Gasteiger partial charge in [-0.3, -0.25) is 9.69 Å². The van der Waals surface area contributed by atoms with E-state index in [9.17, 15) is 19.4 Å². The number of likely N-dealkylation sites (tertiary alicyclic amines) is 1. The Labute approximate surface area is 117 Å². The number of carbonyl (C=O) groups is 1. The van der Waals surface area contributed by atoms with Gasteiger partial charge in [0, 0.05) is 11.6 Å². The van der Waals surface area contributed by atoms with Gasteiger partial charge in [-0.1, -0.05) is 0 Å². The summed E-state index contributed by atoms with van der Waals surface area (Å²) in [7, 11) is 0. The van der Waals surface area contributed by atoms with E-state index in [1.807, 2.05) is 4.90 Å². The van der Waals surface area contributed by atoms with Gasteiger partial charge in [0.15, 0.2) is 0 Å². The van der Waals surface area contributed by atoms with Crippen molar-refractivity contribution in [3.8, 4) is 5.75 Å². The van der Waals surface area contributed by atoms with Crippen molar-refractivity contribution in [2.45, 2.75) is 44.7 Å². The van der Waals surface area contributed by atoms with E-state index in [2.05, 4.69) is 0 Å². The topological polar surface area (TPSA) is 60.8 Å². The number of hydrogen-bond acceptors (Lipinski definition) is 3. The molecule has 2 rings (SSSR count). The van der Waals surface area contributed by atoms with Crippen LogP contribution in [0.15, 0.2) is 18.2 Å². The second-order valence-corrected chi connectivity index (χ2v) is 5.61. The number of halogens is 1. The van der Waals surface area contributed by atoms with E-state index >= 15 is 0 Å². The quantitative estimate of drug-likeness (QED) is 0.894. The summed E-state index contributed by atoms with van der Waals surface area (Å²) < 4.78 is 13.4. The van der Waals surface area contributed by atoms with Crippen LogP contribution in [0.3, 0.4) is 0 Å². The Morgan fingerprint density at radius 3 is 2.80 bits per heavy atom. The first-order valence-electron chi connectivity index (χ1n) is 6.85. The minimum atomic E-state index is -0.976. The van der Waals surface area contributed by atoms with Crippen molar-refractivity contribution >= 4 is 5.97 Å². The number of phenolic OH excluding ortho intramolecular Hbond substituents is 1. The van der Waals surface area contributed by atoms with E-state index in [1.54, 1.807) is 13.8 Å². The first-order valence-corrected chi connectivity index (χ1v) is 6.85. The second kappa shape index (κ2) is 5.40. The minimum Gasteiger partial charge on any atom is -0.508 e. The average molecular weight is 281 g/mol. The number of piperidine rings is 1. The van der Waals surface area contributed by atoms with Crippen LogP contribution in [0, 0.1) is 5.82 Å². The summed E-state index contributed by atoms with van der Waals surface area (Å²) in [6.45, 7) is 4.13. The molecule has 1 aromatic carbocycles. The van der Waals surface area contributed by atoms with E-state index in [0.717, 1.165) is 12.8 Å². The van der Waals surface area contributed by atoms with Gasteiger partial charge in [-0.05, 0) is 57.9 Å². The number of aromatic hydroxyl groups is 1. The molecule has 2 unspecified atom stereocenters. The number of phenols is 1. The minimum absolute atomic E-state index is 0.00258. The van der Waals surface area contributed by atoms with Gasteiger partial charge < -0.3 is 10.2 Å². The largest absolute Gasteiger partial charge is 0.508 e. The van der Waals surface area contributed by atoms with Gasteiger partial charge in [-0.25, -0.2) is 4.39 Å². The smallest absolute Gasteiger partial charge is 0.323 e. The van der Waals surface area contributed by atoms with Crippen LogP contribution in [0.2, 0.25) is 0 Å². The van der Waals surface area contributed by atoms with E-state index in [-0.39, 0.29) is 11.8 Å². The summed E-state index contributed by atoms with van der Waals surface area (Å²) in [5.74, 6) is -1.31. The molecule has 5 heteroatoms. The van der Waals surface area contributed by atoms with Gasteiger partial charge in [0.2, 0.25) is 0 Å². The zero-order valence-electron chi connectivity index (χ0n) is 11.8. The van der Waals surface area contributed by atoms with Crippen LogP contribution in [0.4, 0.5) is 4.39 Å². The number of rotatable bonds is 3. The van der Waals surface area contributed by atoms with Crippen LogP contribution in [0.25, 0.3) is 0 Å². The predicted octanol–water partition coefficient (Wildman–Crippen LogP) is 2.92. The molecule has 2 N–H and O–H groups in total. The molecule has 1 aromatic rings. The van der Waals surface area contributed by atoms with Crippen molar-refractivity contribution in [3.63, 3.8) is 0 Å². The number of carboxylic acids is 1. The average Bonchev–Trinajstić information content (AvgIpc) is 2.41. The molecule has 4 nitrogen and oxygen atoms in total. The molecule has 1 fully saturated rings. The molecule has 0 amide bonds. The van der Waals surface area contributed by atoms with Gasteiger partial charge in [0.05, 0.1) is 0 Å². The zero-order valence-corrected chi connectivity index (χ0v) is 11.8. The molecule has 1 aliphatic rings. The lowest BCUT2D eigenvalue weighted by Gasteiger charge is -2.45. The molecule has 0 spiro atoms. The highest BCUT2D eigenvalue weighted by atomic mass is 19.1. The molecular formula is C15H20FNO3. The molecule has 20 heavy (non-hydrogen) atoms. The fourth-order valence-corrected chi connectivity index (χ4v) is 3.02. The molecule has 0 aromatic heterocycles. The highest BCUT2D eigenvalue weighted by Gasteiger charge is 2.44. The number of aliphatic carboxylic acids is 1. The predicted molar refractivity (Wildman–Crippen MR) is 73.1 cm³/mol. The van der Waals surface area contributed by atoms with Gasteiger partial charge in [-0.2, -0.15) is 0 Å². The Hall–Kier alpha value is -1.62. The van der Waals surface area contributed by atoms with Gasteiger partial charge in [0.25, 0.3) is 0 Å². The Morgan fingerprint density at radius 2 is 2.15 bits per heavy atom. The maximum atomic E-state index is 13.4. The molecule has 1 heterocycles. The lowest BCUT2D eigenvalue weighted by atomic mass is 9.86. The van der Waals surface area contributed by atoms with E-state index in [0.29, 0.717) is 18.5 Å². The highest BCUT2D eigenvalue weighted by Crippen LogP contribution is 2.38. The third kappa shape index (κ3) is 2.50. The molecule has 0 radical (unpaired) electrons. The highest BCUT2D eigenvalue weighted by molar-refractivity contribution is 5.78. The van der Waals surface area contributed by atoms with Crippen molar-refractivity contribution in [2.75, 3.05) is 6.54 Å². The second-order valence-electron chi connectivity index (χ2n) is 5.61. The van der Waals surface area contributed by atoms with Gasteiger partial charge in [-0.15, -0.1) is 0 Å². The van der Waals surface area contributed by atoms with Crippen molar-refractivity contribution in [3.05, 3.63) is 29.6 Å². The lowest BCUT2D eigenvalue weighted by molar-refractivity contribution is -0.155. The Balaban J connectivity index is 2.37. The standard InChI is InChI=1S/C15H20FNO3/c1-10(12-9-11(16)5-6-13(12)18)17-8-4-3-7-15(17,2)14(19)20/h5-6,9-10,18H,3-4,7-8H2,1-2H3,(H,19,20). The lowest BCUT2D eigenvalue weighted by Crippen LogP contribution is -2.55. The van der Waals surface area contributed by atoms with Crippen LogP contribution in [0.5, 0.6) is 5.75 Å². The van der Waals surface area contributed by atoms with Crippen LogP contribution >= 0.6 is 0 Å². The van der Waals surface area contributed by atoms with Crippen molar-refractivity contribution in [2.24, 2.45) is 0 Å². The molecule has 1 aliphatic heterocycles. The van der Waals surface area contributed by atoms with E-state index in [4.69, 9.17) is 0 Å². The molecule has 0 aliphatic carbocycles. The van der Waals surface area contributed by atoms with Crippen molar-refractivity contribution in [1.82, 2.24) is 4.90 Å². The fraction of sp³-hybridized carbons (Fsp3) is 0.533. The number of hydrogen-bond donors (Lipinski definition) is 2. The Bertz CT molecular complexity index is 520. The first-order chi connectivity index (χ1) is 9.36. The SMILES string of the molecule is CC(c1cc(F)ccc1O)N1CCCCC1(C)C(=O)O. The van der Waals surface area contributed by atoms with Gasteiger partial charge >= 0.3 is 5.97 Å². The monoisotopic (exact) mass is 281 g/mol. The third-order valence-corrected chi connectivity index (χ3v) is 4.31. The third-order valence-electron chi connectivity index (χ3n) is 4.31. The number of carboxylic acid groups (broad SMARTS) is 1. The summed E-state index contributed by atoms with van der Waals surface area (Å²) >= 11 is 0. The van der Waals surface area contributed by atoms with Crippen LogP contribution in [0.1, 0.15) is 44.7 Å². The summed E-state index contributed by atoms with van der Waals surface area (Å²) in [4.78, 5) is 13.4. The van der Waals surface area contributed by atoms with E-state index < -0.39 is 17.3 Å². The normalized spacial score (nSPS) is 25.4. The summed E-state index contributed by atoms with van der Waals surface area (Å²) in [5.41, 5.74) is -0.546. The Kier molecular flexibility index (Phi) is 3.99. The number of nitrogens with zero attached hydrogens (tertiary/aromatic N) is 1. The molecule has 110 valence electrons. The molecular weight excluding hydrogens is 261 g/mol. The first kappa shape index (κ1) is 14.8. The molecule has 0 saturated carbocycles. The van der Waals surface area contributed by atoms with Crippen LogP contribution in [-0.2, 0) is 4.79 Å². The molecule has 0 bridgehead atoms. The van der Waals surface area contributed by atoms with Crippen LogP contribution in [-0.4, -0.2) is 33.2 Å². The summed E-state index contributed by atoms with van der Waals surface area (Å²) in [6.07, 6.45) is 2.33. The van der Waals surface area contributed by atoms with Crippen LogP contribution < -0.4 is 0 Å². The van der Waals surface area contributed by atoms with Gasteiger partial charge in [0.1, 0.15) is 17.1 Å². The maximum Gasteiger partial charge on any atom is 0.323 e. The molecule has 1 saturated heterocycles. The molecule has 2 atom stereocenters. The Morgan fingerprint density at radius 1 is 1.45 bits per heavy atom. The number of benzene rings is 1. The summed E-state index contributed by atoms with van der Waals surface area (Å²) in [6, 6.07) is 3.42. The maximum absolute atomic E-state index is 13.4. The van der Waals surface area contributed by atoms with Crippen molar-refractivity contribution < 1.29 is 19.4 Å².